The highest BCUT2D eigenvalue weighted by Crippen LogP contribution is 2.38. The molecule has 158 valence electrons. The number of hydrogen-bond acceptors (Lipinski definition) is 6. The summed E-state index contributed by atoms with van der Waals surface area (Å²) in [7, 11) is 1.89. The van der Waals surface area contributed by atoms with Crippen LogP contribution in [-0.2, 0) is 0 Å². The molecule has 3 aromatic heterocycles. The van der Waals surface area contributed by atoms with Gasteiger partial charge in [0.05, 0.1) is 22.1 Å². The molecule has 1 N–H and O–H groups in total. The number of aromatic nitrogens is 4. The van der Waals surface area contributed by atoms with Crippen LogP contribution in [-0.4, -0.2) is 26.6 Å². The SMILES string of the molecule is CNc1ccc(-c2nc3c4cccnc4c4ncccc4c3n2-c2ccc(N=O)cc2)cc1. The predicted molar refractivity (Wildman–Crippen MR) is 132 cm³/mol. The molecule has 0 saturated heterocycles. The van der Waals surface area contributed by atoms with Crippen LogP contribution in [0.5, 0.6) is 0 Å². The van der Waals surface area contributed by atoms with E-state index in [2.05, 4.69) is 25.0 Å². The molecule has 0 fully saturated rings. The zero-order valence-electron chi connectivity index (χ0n) is 17.7. The summed E-state index contributed by atoms with van der Waals surface area (Å²) in [6, 6.07) is 23.3. The standard InChI is InChI=1S/C26H18N6O/c1-27-17-8-6-16(7-9-17)26-30-24-20-4-2-14-28-22(20)23-21(5-3-15-29-23)25(24)32(26)19-12-10-18(31-33)11-13-19/h2-15,27H,1H3. The molecule has 0 radical (unpaired) electrons. The fraction of sp³-hybridized carbons (Fsp3) is 0.0385. The Kier molecular flexibility index (Phi) is 4.33. The quantitative estimate of drug-likeness (QED) is 0.265. The summed E-state index contributed by atoms with van der Waals surface area (Å²) in [6.07, 6.45) is 3.56. The molecule has 7 heteroatoms. The Hall–Kier alpha value is -4.65. The smallest absolute Gasteiger partial charge is 0.145 e. The molecule has 0 aliphatic carbocycles. The lowest BCUT2D eigenvalue weighted by Gasteiger charge is -2.12. The predicted octanol–water partition coefficient (Wildman–Crippen LogP) is 6.23. The zero-order valence-corrected chi connectivity index (χ0v) is 17.7. The van der Waals surface area contributed by atoms with Crippen LogP contribution in [0, 0.1) is 4.91 Å². The van der Waals surface area contributed by atoms with Crippen molar-refractivity contribution in [3.05, 3.63) is 90.1 Å². The fourth-order valence-electron chi connectivity index (χ4n) is 4.32. The molecule has 0 atom stereocenters. The van der Waals surface area contributed by atoms with E-state index in [0.29, 0.717) is 5.69 Å². The number of fused-ring (bicyclic) bond motifs is 6. The van der Waals surface area contributed by atoms with Gasteiger partial charge in [-0.05, 0) is 78.0 Å². The van der Waals surface area contributed by atoms with Gasteiger partial charge in [0.15, 0.2) is 0 Å². The van der Waals surface area contributed by atoms with Gasteiger partial charge in [-0.25, -0.2) is 4.98 Å². The largest absolute Gasteiger partial charge is 0.388 e. The molecule has 0 saturated carbocycles. The van der Waals surface area contributed by atoms with Crippen LogP contribution < -0.4 is 5.32 Å². The van der Waals surface area contributed by atoms with Crippen molar-refractivity contribution in [3.63, 3.8) is 0 Å². The first-order valence-electron chi connectivity index (χ1n) is 10.5. The molecule has 0 aliphatic rings. The second-order valence-corrected chi connectivity index (χ2v) is 7.70. The van der Waals surface area contributed by atoms with Crippen molar-refractivity contribution >= 4 is 44.2 Å². The van der Waals surface area contributed by atoms with Gasteiger partial charge in [-0.1, -0.05) is 0 Å². The normalized spacial score (nSPS) is 11.3. The number of nitroso groups, excluding NO2 is 1. The van der Waals surface area contributed by atoms with Crippen molar-refractivity contribution in [2.45, 2.75) is 0 Å². The summed E-state index contributed by atoms with van der Waals surface area (Å²) in [6.45, 7) is 0. The molecular formula is C26H18N6O. The van der Waals surface area contributed by atoms with Crippen LogP contribution in [0.15, 0.2) is 90.4 Å². The average Bonchev–Trinajstić information content (AvgIpc) is 3.30. The van der Waals surface area contributed by atoms with E-state index >= 15 is 0 Å². The van der Waals surface area contributed by atoms with Gasteiger partial charge in [-0.3, -0.25) is 14.5 Å². The van der Waals surface area contributed by atoms with Crippen LogP contribution >= 0.6 is 0 Å². The first-order chi connectivity index (χ1) is 16.3. The van der Waals surface area contributed by atoms with E-state index in [1.54, 1.807) is 24.5 Å². The highest BCUT2D eigenvalue weighted by molar-refractivity contribution is 6.21. The molecule has 7 nitrogen and oxygen atoms in total. The molecule has 3 aromatic carbocycles. The van der Waals surface area contributed by atoms with E-state index < -0.39 is 0 Å². The summed E-state index contributed by atoms with van der Waals surface area (Å²) < 4.78 is 2.12. The Balaban J connectivity index is 1.79. The maximum atomic E-state index is 11.0. The highest BCUT2D eigenvalue weighted by Gasteiger charge is 2.21. The third-order valence-corrected chi connectivity index (χ3v) is 5.87. The van der Waals surface area contributed by atoms with Crippen molar-refractivity contribution in [1.82, 2.24) is 19.5 Å². The molecule has 0 unspecified atom stereocenters. The third kappa shape index (κ3) is 2.94. The lowest BCUT2D eigenvalue weighted by atomic mass is 10.1. The average molecular weight is 430 g/mol. The second-order valence-electron chi connectivity index (χ2n) is 7.70. The van der Waals surface area contributed by atoms with Crippen molar-refractivity contribution in [1.29, 1.82) is 0 Å². The van der Waals surface area contributed by atoms with Gasteiger partial charge in [0.2, 0.25) is 0 Å². The molecule has 6 aromatic rings. The Labute approximate surface area is 188 Å². The molecule has 6 rings (SSSR count). The van der Waals surface area contributed by atoms with Crippen molar-refractivity contribution in [3.8, 4) is 17.1 Å². The van der Waals surface area contributed by atoms with E-state index in [-0.39, 0.29) is 0 Å². The first kappa shape index (κ1) is 19.1. The van der Waals surface area contributed by atoms with Gasteiger partial charge >= 0.3 is 0 Å². The fourth-order valence-corrected chi connectivity index (χ4v) is 4.32. The summed E-state index contributed by atoms with van der Waals surface area (Å²) in [5, 5.41) is 8.10. The van der Waals surface area contributed by atoms with Crippen LogP contribution in [0.25, 0.3) is 49.9 Å². The van der Waals surface area contributed by atoms with Gasteiger partial charge in [-0.15, -0.1) is 4.91 Å². The van der Waals surface area contributed by atoms with Crippen molar-refractivity contribution in [2.24, 2.45) is 5.18 Å². The molecule has 3 heterocycles. The van der Waals surface area contributed by atoms with Crippen LogP contribution in [0.4, 0.5) is 11.4 Å². The Morgan fingerprint density at radius 1 is 0.788 bits per heavy atom. The molecule has 0 bridgehead atoms. The minimum Gasteiger partial charge on any atom is -0.388 e. The summed E-state index contributed by atoms with van der Waals surface area (Å²) in [5.41, 5.74) is 6.69. The minimum atomic E-state index is 0.379. The number of nitrogens with one attached hydrogen (secondary N) is 1. The van der Waals surface area contributed by atoms with Crippen LogP contribution in [0.2, 0.25) is 0 Å². The number of imidazole rings is 1. The maximum absolute atomic E-state index is 11.0. The van der Waals surface area contributed by atoms with E-state index in [9.17, 15) is 4.91 Å². The van der Waals surface area contributed by atoms with Gasteiger partial charge < -0.3 is 5.32 Å². The summed E-state index contributed by atoms with van der Waals surface area (Å²) in [5.74, 6) is 0.793. The van der Waals surface area contributed by atoms with E-state index in [4.69, 9.17) is 4.98 Å². The van der Waals surface area contributed by atoms with E-state index in [0.717, 1.165) is 55.6 Å². The Morgan fingerprint density at radius 2 is 1.45 bits per heavy atom. The topological polar surface area (TPSA) is 85.1 Å². The number of hydrogen-bond donors (Lipinski definition) is 1. The second kappa shape index (κ2) is 7.49. The van der Waals surface area contributed by atoms with E-state index in [1.807, 2.05) is 67.7 Å². The number of rotatable bonds is 4. The lowest BCUT2D eigenvalue weighted by Crippen LogP contribution is -1.98. The lowest BCUT2D eigenvalue weighted by molar-refractivity contribution is 1.10. The first-order valence-corrected chi connectivity index (χ1v) is 10.5. The maximum Gasteiger partial charge on any atom is 0.145 e. The summed E-state index contributed by atoms with van der Waals surface area (Å²) >= 11 is 0. The Bertz CT molecular complexity index is 1650. The molecule has 0 aliphatic heterocycles. The van der Waals surface area contributed by atoms with Gasteiger partial charge in [0.25, 0.3) is 0 Å². The van der Waals surface area contributed by atoms with Crippen molar-refractivity contribution < 1.29 is 0 Å². The van der Waals surface area contributed by atoms with Crippen molar-refractivity contribution in [2.75, 3.05) is 12.4 Å². The van der Waals surface area contributed by atoms with Gasteiger partial charge in [-0.2, -0.15) is 0 Å². The monoisotopic (exact) mass is 430 g/mol. The third-order valence-electron chi connectivity index (χ3n) is 5.87. The number of anilines is 1. The molecule has 33 heavy (non-hydrogen) atoms. The van der Waals surface area contributed by atoms with E-state index in [1.165, 1.54) is 0 Å². The van der Waals surface area contributed by atoms with Gasteiger partial charge in [0.1, 0.15) is 11.5 Å². The number of pyridine rings is 2. The summed E-state index contributed by atoms with van der Waals surface area (Å²) in [4.78, 5) is 25.4. The van der Waals surface area contributed by atoms with Crippen LogP contribution in [0.1, 0.15) is 0 Å². The minimum absolute atomic E-state index is 0.379. The molecular weight excluding hydrogens is 412 g/mol. The Morgan fingerprint density at radius 3 is 2.12 bits per heavy atom. The van der Waals surface area contributed by atoms with Gasteiger partial charge in [0, 0.05) is 47.2 Å². The highest BCUT2D eigenvalue weighted by atomic mass is 16.3. The zero-order chi connectivity index (χ0) is 22.4. The molecule has 0 amide bonds. The van der Waals surface area contributed by atoms with Crippen LogP contribution in [0.3, 0.4) is 0 Å². The molecule has 0 spiro atoms. The number of nitrogens with zero attached hydrogens (tertiary/aromatic N) is 5. The number of benzene rings is 3.